The molecule has 0 radical (unpaired) electrons. The first kappa shape index (κ1) is 11.4. The van der Waals surface area contributed by atoms with Gasteiger partial charge in [-0.1, -0.05) is 11.6 Å². The van der Waals surface area contributed by atoms with Gasteiger partial charge in [0, 0.05) is 24.6 Å². The molecule has 3 nitrogen and oxygen atoms in total. The third-order valence-electron chi connectivity index (χ3n) is 2.35. The first-order valence-corrected chi connectivity index (χ1v) is 5.50. The Hall–Kier alpha value is -2.05. The summed E-state index contributed by atoms with van der Waals surface area (Å²) in [5.41, 5.74) is 2.60. The van der Waals surface area contributed by atoms with Crippen LogP contribution in [0, 0.1) is 11.3 Å². The molecule has 0 saturated heterocycles. The highest BCUT2D eigenvalue weighted by Gasteiger charge is 1.99. The molecule has 1 heterocycles. The largest absolute Gasteiger partial charge is 0.381 e. The normalized spacial score (nSPS) is 9.65. The quantitative estimate of drug-likeness (QED) is 0.901. The van der Waals surface area contributed by atoms with Crippen molar-refractivity contribution in [2.75, 3.05) is 5.32 Å². The summed E-state index contributed by atoms with van der Waals surface area (Å²) in [5, 5.41) is 12.6. The minimum atomic E-state index is 0.632. The van der Waals surface area contributed by atoms with Crippen molar-refractivity contribution in [2.24, 2.45) is 0 Å². The van der Waals surface area contributed by atoms with Crippen molar-refractivity contribution in [1.29, 1.82) is 5.26 Å². The number of hydrogen-bond acceptors (Lipinski definition) is 3. The fourth-order valence-corrected chi connectivity index (χ4v) is 1.59. The topological polar surface area (TPSA) is 48.7 Å². The molecule has 0 saturated carbocycles. The molecule has 0 fully saturated rings. The molecule has 17 heavy (non-hydrogen) atoms. The lowest BCUT2D eigenvalue weighted by Gasteiger charge is -2.07. The molecule has 0 unspecified atom stereocenters. The Morgan fingerprint density at radius 2 is 2.00 bits per heavy atom. The zero-order valence-corrected chi connectivity index (χ0v) is 9.78. The highest BCUT2D eigenvalue weighted by Crippen LogP contribution is 2.16. The van der Waals surface area contributed by atoms with Crippen LogP contribution in [-0.4, -0.2) is 4.98 Å². The lowest BCUT2D eigenvalue weighted by Crippen LogP contribution is -2.00. The predicted molar refractivity (Wildman–Crippen MR) is 67.7 cm³/mol. The maximum atomic E-state index is 8.68. The summed E-state index contributed by atoms with van der Waals surface area (Å²) < 4.78 is 0. The Morgan fingerprint density at radius 1 is 1.24 bits per heavy atom. The number of pyridine rings is 1. The zero-order chi connectivity index (χ0) is 12.1. The van der Waals surface area contributed by atoms with Crippen LogP contribution in [-0.2, 0) is 6.54 Å². The van der Waals surface area contributed by atoms with Crippen LogP contribution in [0.4, 0.5) is 5.69 Å². The number of benzene rings is 1. The van der Waals surface area contributed by atoms with E-state index in [1.54, 1.807) is 24.5 Å². The van der Waals surface area contributed by atoms with Crippen molar-refractivity contribution >= 4 is 17.3 Å². The predicted octanol–water partition coefficient (Wildman–Crippen LogP) is 3.22. The van der Waals surface area contributed by atoms with Gasteiger partial charge in [-0.25, -0.2) is 0 Å². The number of halogens is 1. The van der Waals surface area contributed by atoms with E-state index in [0.29, 0.717) is 17.1 Å². The van der Waals surface area contributed by atoms with Gasteiger partial charge in [-0.15, -0.1) is 0 Å². The van der Waals surface area contributed by atoms with Crippen LogP contribution in [0.2, 0.25) is 5.02 Å². The van der Waals surface area contributed by atoms with E-state index in [1.165, 1.54) is 0 Å². The number of aromatic nitrogens is 1. The molecule has 4 heteroatoms. The molecule has 1 aromatic heterocycles. The molecule has 0 spiro atoms. The van der Waals surface area contributed by atoms with Crippen LogP contribution in [0.5, 0.6) is 0 Å². The third kappa shape index (κ3) is 2.96. The molecule has 0 aliphatic heterocycles. The van der Waals surface area contributed by atoms with Crippen molar-refractivity contribution in [2.45, 2.75) is 6.54 Å². The Morgan fingerprint density at radius 3 is 2.65 bits per heavy atom. The second kappa shape index (κ2) is 5.33. The highest BCUT2D eigenvalue weighted by molar-refractivity contribution is 6.31. The molecule has 2 aromatic rings. The van der Waals surface area contributed by atoms with E-state index in [1.807, 2.05) is 18.2 Å². The first-order chi connectivity index (χ1) is 8.29. The lowest BCUT2D eigenvalue weighted by molar-refractivity contribution is 1.13. The van der Waals surface area contributed by atoms with Gasteiger partial charge in [0.05, 0.1) is 16.7 Å². The van der Waals surface area contributed by atoms with E-state index in [9.17, 15) is 0 Å². The standard InChI is InChI=1S/C13H10ClN3/c14-13-9-16-6-5-11(13)8-17-12-3-1-10(7-15)2-4-12/h1-6,9,17H,8H2. The van der Waals surface area contributed by atoms with E-state index in [-0.39, 0.29) is 0 Å². The first-order valence-electron chi connectivity index (χ1n) is 5.12. The van der Waals surface area contributed by atoms with Crippen molar-refractivity contribution < 1.29 is 0 Å². The van der Waals surface area contributed by atoms with E-state index in [4.69, 9.17) is 16.9 Å². The highest BCUT2D eigenvalue weighted by atomic mass is 35.5. The fraction of sp³-hybridized carbons (Fsp3) is 0.0769. The number of hydrogen-bond donors (Lipinski definition) is 1. The molecule has 0 atom stereocenters. The van der Waals surface area contributed by atoms with E-state index < -0.39 is 0 Å². The van der Waals surface area contributed by atoms with Gasteiger partial charge < -0.3 is 5.32 Å². The molecule has 1 N–H and O–H groups in total. The van der Waals surface area contributed by atoms with Crippen molar-refractivity contribution in [1.82, 2.24) is 4.98 Å². The van der Waals surface area contributed by atoms with Gasteiger partial charge in [0.25, 0.3) is 0 Å². The molecular formula is C13H10ClN3. The Kier molecular flexibility index (Phi) is 3.59. The fourth-order valence-electron chi connectivity index (χ4n) is 1.41. The number of nitrogens with one attached hydrogen (secondary N) is 1. The number of anilines is 1. The summed E-state index contributed by atoms with van der Waals surface area (Å²) in [6.45, 7) is 0.632. The zero-order valence-electron chi connectivity index (χ0n) is 9.02. The minimum Gasteiger partial charge on any atom is -0.381 e. The summed E-state index contributed by atoms with van der Waals surface area (Å²) in [6.07, 6.45) is 3.33. The number of nitriles is 1. The summed E-state index contributed by atoms with van der Waals surface area (Å²) >= 11 is 5.99. The molecule has 84 valence electrons. The van der Waals surface area contributed by atoms with Gasteiger partial charge in [0.1, 0.15) is 0 Å². The van der Waals surface area contributed by atoms with Gasteiger partial charge in [0.15, 0.2) is 0 Å². The second-order valence-electron chi connectivity index (χ2n) is 3.51. The summed E-state index contributed by atoms with van der Waals surface area (Å²) in [4.78, 5) is 3.93. The van der Waals surface area contributed by atoms with Crippen LogP contribution in [0.25, 0.3) is 0 Å². The Labute approximate surface area is 105 Å². The number of rotatable bonds is 3. The van der Waals surface area contributed by atoms with Gasteiger partial charge >= 0.3 is 0 Å². The molecular weight excluding hydrogens is 234 g/mol. The average Bonchev–Trinajstić information content (AvgIpc) is 2.38. The van der Waals surface area contributed by atoms with Crippen molar-refractivity contribution in [3.05, 3.63) is 58.9 Å². The van der Waals surface area contributed by atoms with E-state index >= 15 is 0 Å². The monoisotopic (exact) mass is 243 g/mol. The summed E-state index contributed by atoms with van der Waals surface area (Å²) in [7, 11) is 0. The maximum Gasteiger partial charge on any atom is 0.0991 e. The van der Waals surface area contributed by atoms with Crippen LogP contribution >= 0.6 is 11.6 Å². The van der Waals surface area contributed by atoms with Gasteiger partial charge in [-0.05, 0) is 35.9 Å². The molecule has 0 aliphatic carbocycles. The molecule has 2 rings (SSSR count). The van der Waals surface area contributed by atoms with Crippen LogP contribution in [0.15, 0.2) is 42.7 Å². The van der Waals surface area contributed by atoms with Crippen LogP contribution in [0.3, 0.4) is 0 Å². The number of nitrogens with zero attached hydrogens (tertiary/aromatic N) is 2. The SMILES string of the molecule is N#Cc1ccc(NCc2ccncc2Cl)cc1. The Balaban J connectivity index is 2.03. The summed E-state index contributed by atoms with van der Waals surface area (Å²) in [6, 6.07) is 11.2. The molecule has 1 aromatic carbocycles. The summed E-state index contributed by atoms with van der Waals surface area (Å²) in [5.74, 6) is 0. The molecule has 0 aliphatic rings. The van der Waals surface area contributed by atoms with Gasteiger partial charge in [0.2, 0.25) is 0 Å². The van der Waals surface area contributed by atoms with E-state index in [0.717, 1.165) is 11.3 Å². The van der Waals surface area contributed by atoms with Gasteiger partial charge in [-0.2, -0.15) is 5.26 Å². The smallest absolute Gasteiger partial charge is 0.0991 e. The second-order valence-corrected chi connectivity index (χ2v) is 3.92. The van der Waals surface area contributed by atoms with Crippen LogP contribution in [0.1, 0.15) is 11.1 Å². The lowest BCUT2D eigenvalue weighted by atomic mass is 10.2. The third-order valence-corrected chi connectivity index (χ3v) is 2.69. The van der Waals surface area contributed by atoms with E-state index in [2.05, 4.69) is 16.4 Å². The molecule has 0 amide bonds. The Bertz CT molecular complexity index is 543. The molecule has 0 bridgehead atoms. The maximum absolute atomic E-state index is 8.68. The minimum absolute atomic E-state index is 0.632. The van der Waals surface area contributed by atoms with Gasteiger partial charge in [-0.3, -0.25) is 4.98 Å². The van der Waals surface area contributed by atoms with Crippen molar-refractivity contribution in [3.63, 3.8) is 0 Å². The average molecular weight is 244 g/mol. The van der Waals surface area contributed by atoms with Crippen LogP contribution < -0.4 is 5.32 Å². The van der Waals surface area contributed by atoms with Crippen molar-refractivity contribution in [3.8, 4) is 6.07 Å².